The third-order valence-corrected chi connectivity index (χ3v) is 8.75. The summed E-state index contributed by atoms with van der Waals surface area (Å²) in [5.74, 6) is 1.45. The van der Waals surface area contributed by atoms with Gasteiger partial charge in [-0.05, 0) is 57.4 Å². The number of hydrogen-bond acceptors (Lipinski definition) is 9. The van der Waals surface area contributed by atoms with E-state index >= 15 is 0 Å². The van der Waals surface area contributed by atoms with Crippen LogP contribution in [0.1, 0.15) is 58.5 Å². The fraction of sp³-hybridized carbons (Fsp3) is 0.556. The molecule has 4 heterocycles. The first-order valence-electron chi connectivity index (χ1n) is 13.1. The highest BCUT2D eigenvalue weighted by atomic mass is 32.2. The number of carbonyl (C=O) groups is 1. The maximum Gasteiger partial charge on any atom is 0.255 e. The van der Waals surface area contributed by atoms with E-state index in [0.29, 0.717) is 17.5 Å². The van der Waals surface area contributed by atoms with Crippen molar-refractivity contribution in [3.63, 3.8) is 0 Å². The summed E-state index contributed by atoms with van der Waals surface area (Å²) in [4.78, 5) is 32.2. The number of aryl methyl sites for hydroxylation is 2. The Balaban J connectivity index is 1.31. The standard InChI is InChI=1S/C27H38N6O2S2/c1-5-6-23-16-32(22-9-13-35-14-10-22)11-12-33(23)27(34)21-7-8-25(29-15-21)30-18-36-17-24(28-4)26-19(2)31-20(3)37-26/h7-8,15,17,22-23H,4-6,9-14,16,18H2,1-3H3,(H,29,30)/b24-17-/t23-/m0/s1. The van der Waals surface area contributed by atoms with Gasteiger partial charge in [-0.3, -0.25) is 14.7 Å². The molecule has 1 amide bonds. The number of nitrogens with zero attached hydrogens (tertiary/aromatic N) is 5. The molecule has 2 fully saturated rings. The van der Waals surface area contributed by atoms with Crippen LogP contribution in [-0.2, 0) is 4.74 Å². The van der Waals surface area contributed by atoms with E-state index in [1.54, 1.807) is 29.3 Å². The second-order valence-electron chi connectivity index (χ2n) is 9.51. The number of hydrogen-bond donors (Lipinski definition) is 1. The predicted molar refractivity (Wildman–Crippen MR) is 155 cm³/mol. The monoisotopic (exact) mass is 542 g/mol. The highest BCUT2D eigenvalue weighted by Crippen LogP contribution is 2.28. The van der Waals surface area contributed by atoms with Gasteiger partial charge < -0.3 is 15.0 Å². The summed E-state index contributed by atoms with van der Waals surface area (Å²) in [6, 6.07) is 4.59. The molecular formula is C27H38N6O2S2. The molecule has 10 heteroatoms. The summed E-state index contributed by atoms with van der Waals surface area (Å²) in [7, 11) is 0. The Hall–Kier alpha value is -2.27. The lowest BCUT2D eigenvalue weighted by atomic mass is 10.0. The smallest absolute Gasteiger partial charge is 0.255 e. The molecule has 2 saturated heterocycles. The summed E-state index contributed by atoms with van der Waals surface area (Å²) in [6.45, 7) is 14.2. The fourth-order valence-corrected chi connectivity index (χ4v) is 6.71. The Bertz CT molecular complexity index is 1080. The SMILES string of the molecule is C=N/C(=C\SCNc1ccc(C(=O)N2CCN(C3CCOCC3)C[C@@H]2CCC)cn1)c1sc(C)nc1C. The minimum absolute atomic E-state index is 0.0818. The molecule has 2 aliphatic heterocycles. The Morgan fingerprint density at radius 1 is 1.32 bits per heavy atom. The molecule has 1 N–H and O–H groups in total. The van der Waals surface area contributed by atoms with Gasteiger partial charge in [-0.1, -0.05) is 13.3 Å². The van der Waals surface area contributed by atoms with E-state index in [2.05, 4.69) is 43.7 Å². The van der Waals surface area contributed by atoms with Crippen LogP contribution in [0.25, 0.3) is 5.70 Å². The van der Waals surface area contributed by atoms with Crippen molar-refractivity contribution in [1.82, 2.24) is 19.8 Å². The second-order valence-corrected chi connectivity index (χ2v) is 11.6. The zero-order chi connectivity index (χ0) is 26.2. The molecule has 2 aliphatic rings. The molecule has 0 aliphatic carbocycles. The second kappa shape index (κ2) is 13.5. The number of ether oxygens (including phenoxy) is 1. The van der Waals surface area contributed by atoms with Crippen molar-refractivity contribution in [1.29, 1.82) is 0 Å². The number of aromatic nitrogens is 2. The van der Waals surface area contributed by atoms with Gasteiger partial charge in [0, 0.05) is 51.1 Å². The van der Waals surface area contributed by atoms with Crippen LogP contribution in [0.2, 0.25) is 0 Å². The van der Waals surface area contributed by atoms with Gasteiger partial charge in [0.2, 0.25) is 0 Å². The topological polar surface area (TPSA) is 83.0 Å². The lowest BCUT2D eigenvalue weighted by molar-refractivity contribution is -0.00356. The summed E-state index contributed by atoms with van der Waals surface area (Å²) >= 11 is 3.21. The first-order valence-corrected chi connectivity index (χ1v) is 14.9. The predicted octanol–water partition coefficient (Wildman–Crippen LogP) is 5.06. The summed E-state index contributed by atoms with van der Waals surface area (Å²) < 4.78 is 5.55. The number of pyridine rings is 1. The molecular weight excluding hydrogens is 504 g/mol. The molecule has 0 saturated carbocycles. The van der Waals surface area contributed by atoms with Crippen molar-refractivity contribution in [3.8, 4) is 0 Å². The largest absolute Gasteiger partial charge is 0.381 e. The van der Waals surface area contributed by atoms with Gasteiger partial charge in [0.05, 0.1) is 32.7 Å². The number of thiazole rings is 1. The van der Waals surface area contributed by atoms with Crippen LogP contribution in [0, 0.1) is 13.8 Å². The Morgan fingerprint density at radius 3 is 2.78 bits per heavy atom. The summed E-state index contributed by atoms with van der Waals surface area (Å²) in [5, 5.41) is 6.31. The Morgan fingerprint density at radius 2 is 2.14 bits per heavy atom. The van der Waals surface area contributed by atoms with Gasteiger partial charge in [-0.2, -0.15) is 0 Å². The fourth-order valence-electron chi connectivity index (χ4n) is 5.07. The molecule has 2 aromatic heterocycles. The number of nitrogens with one attached hydrogen (secondary N) is 1. The van der Waals surface area contributed by atoms with E-state index in [9.17, 15) is 4.79 Å². The third kappa shape index (κ3) is 7.19. The molecule has 0 aromatic carbocycles. The van der Waals surface area contributed by atoms with Gasteiger partial charge in [-0.15, -0.1) is 23.1 Å². The highest BCUT2D eigenvalue weighted by molar-refractivity contribution is 8.02. The van der Waals surface area contributed by atoms with E-state index < -0.39 is 0 Å². The molecule has 37 heavy (non-hydrogen) atoms. The molecule has 0 spiro atoms. The normalized spacial score (nSPS) is 19.7. The van der Waals surface area contributed by atoms with Gasteiger partial charge >= 0.3 is 0 Å². The zero-order valence-corrected chi connectivity index (χ0v) is 23.7. The Kier molecular flexibility index (Phi) is 10.1. The van der Waals surface area contributed by atoms with Gasteiger partial charge in [0.25, 0.3) is 5.91 Å². The van der Waals surface area contributed by atoms with Gasteiger partial charge in [0.1, 0.15) is 5.82 Å². The van der Waals surface area contributed by atoms with Gasteiger partial charge in [0.15, 0.2) is 0 Å². The lowest BCUT2D eigenvalue weighted by Crippen LogP contribution is -2.58. The molecule has 1 atom stereocenters. The van der Waals surface area contributed by atoms with Crippen LogP contribution < -0.4 is 5.32 Å². The van der Waals surface area contributed by atoms with E-state index in [0.717, 1.165) is 85.6 Å². The summed E-state index contributed by atoms with van der Waals surface area (Å²) in [5.41, 5.74) is 2.46. The molecule has 4 rings (SSSR count). The van der Waals surface area contributed by atoms with E-state index in [1.165, 1.54) is 0 Å². The first-order chi connectivity index (χ1) is 18.0. The highest BCUT2D eigenvalue weighted by Gasteiger charge is 2.33. The van der Waals surface area contributed by atoms with Crippen LogP contribution in [0.4, 0.5) is 5.82 Å². The number of piperazine rings is 1. The molecule has 0 bridgehead atoms. The lowest BCUT2D eigenvalue weighted by Gasteiger charge is -2.45. The minimum Gasteiger partial charge on any atom is -0.381 e. The third-order valence-electron chi connectivity index (χ3n) is 6.95. The van der Waals surface area contributed by atoms with Crippen molar-refractivity contribution in [2.45, 2.75) is 58.5 Å². The maximum absolute atomic E-state index is 13.4. The number of thioether (sulfide) groups is 1. The van der Waals surface area contributed by atoms with Crippen molar-refractivity contribution >= 4 is 47.2 Å². The maximum atomic E-state index is 13.4. The van der Waals surface area contributed by atoms with Crippen LogP contribution in [0.5, 0.6) is 0 Å². The molecule has 0 unspecified atom stereocenters. The quantitative estimate of drug-likeness (QED) is 0.255. The summed E-state index contributed by atoms with van der Waals surface area (Å²) in [6.07, 6.45) is 5.96. The molecule has 2 aromatic rings. The number of anilines is 1. The number of carbonyl (C=O) groups excluding carboxylic acids is 1. The first kappa shape index (κ1) is 27.8. The van der Waals surface area contributed by atoms with Crippen molar-refractivity contribution in [2.75, 3.05) is 44.0 Å². The molecule has 8 nitrogen and oxygen atoms in total. The zero-order valence-electron chi connectivity index (χ0n) is 22.1. The Labute approximate surface area is 228 Å². The number of aliphatic imine (C=N–C) groups is 1. The van der Waals surface area contributed by atoms with Crippen molar-refractivity contribution in [2.24, 2.45) is 4.99 Å². The van der Waals surface area contributed by atoms with Crippen LogP contribution in [0.15, 0.2) is 28.7 Å². The van der Waals surface area contributed by atoms with Crippen molar-refractivity contribution < 1.29 is 9.53 Å². The molecule has 200 valence electrons. The average Bonchev–Trinajstić information content (AvgIpc) is 3.26. The number of amides is 1. The molecule has 0 radical (unpaired) electrons. The van der Waals surface area contributed by atoms with E-state index in [1.807, 2.05) is 31.4 Å². The van der Waals surface area contributed by atoms with Gasteiger partial charge in [-0.25, -0.2) is 9.97 Å². The van der Waals surface area contributed by atoms with Crippen LogP contribution >= 0.6 is 23.1 Å². The van der Waals surface area contributed by atoms with Crippen LogP contribution in [-0.4, -0.2) is 83.2 Å². The average molecular weight is 543 g/mol. The minimum atomic E-state index is 0.0818. The van der Waals surface area contributed by atoms with E-state index in [-0.39, 0.29) is 11.9 Å². The van der Waals surface area contributed by atoms with E-state index in [4.69, 9.17) is 4.74 Å². The van der Waals surface area contributed by atoms with Crippen molar-refractivity contribution in [3.05, 3.63) is 44.9 Å². The van der Waals surface area contributed by atoms with Crippen LogP contribution in [0.3, 0.4) is 0 Å². The number of rotatable bonds is 10.